The quantitative estimate of drug-likeness (QED) is 0.535. The van der Waals surface area contributed by atoms with Crippen molar-refractivity contribution in [2.75, 3.05) is 0 Å². The van der Waals surface area contributed by atoms with Crippen LogP contribution in [0.4, 0.5) is 0 Å². The van der Waals surface area contributed by atoms with Gasteiger partial charge in [-0.25, -0.2) is 14.5 Å². The minimum absolute atomic E-state index is 0.556. The molecule has 8 heteroatoms. The molecule has 1 aliphatic rings. The smallest absolute Gasteiger partial charge is 0.202 e. The summed E-state index contributed by atoms with van der Waals surface area (Å²) in [5, 5.41) is 10.5. The Kier molecular flexibility index (Phi) is 3.36. The number of rotatable bonds is 2. The molecule has 0 saturated carbocycles. The molecule has 0 aromatic carbocycles. The first kappa shape index (κ1) is 15.3. The maximum atomic E-state index is 6.27. The summed E-state index contributed by atoms with van der Waals surface area (Å²) >= 11 is 8.08. The minimum atomic E-state index is 0.556. The van der Waals surface area contributed by atoms with Gasteiger partial charge in [0.1, 0.15) is 16.9 Å². The van der Waals surface area contributed by atoms with E-state index in [9.17, 15) is 0 Å². The van der Waals surface area contributed by atoms with Gasteiger partial charge in [-0.05, 0) is 30.7 Å². The molecule has 4 heterocycles. The highest BCUT2D eigenvalue weighted by Gasteiger charge is 2.25. The van der Waals surface area contributed by atoms with Crippen LogP contribution in [-0.4, -0.2) is 29.4 Å². The highest BCUT2D eigenvalue weighted by molar-refractivity contribution is 7.19. The molecule has 128 valence electrons. The van der Waals surface area contributed by atoms with Crippen LogP contribution in [0.15, 0.2) is 12.5 Å². The van der Waals surface area contributed by atoms with Gasteiger partial charge in [-0.15, -0.1) is 16.4 Å². The Balaban J connectivity index is 1.74. The van der Waals surface area contributed by atoms with Gasteiger partial charge in [0.2, 0.25) is 5.82 Å². The lowest BCUT2D eigenvalue weighted by Gasteiger charge is -2.20. The number of halogens is 1. The van der Waals surface area contributed by atoms with Crippen molar-refractivity contribution in [2.45, 2.75) is 32.6 Å². The van der Waals surface area contributed by atoms with E-state index in [1.165, 1.54) is 23.3 Å². The molecular weight excluding hydrogens is 356 g/mol. The number of aromatic nitrogens is 6. The minimum Gasteiger partial charge on any atom is -0.263 e. The molecule has 0 radical (unpaired) electrons. The third-order valence-electron chi connectivity index (χ3n) is 5.17. The van der Waals surface area contributed by atoms with Crippen LogP contribution in [0.2, 0.25) is 5.02 Å². The van der Waals surface area contributed by atoms with E-state index in [2.05, 4.69) is 22.1 Å². The van der Waals surface area contributed by atoms with E-state index in [0.717, 1.165) is 40.3 Å². The highest BCUT2D eigenvalue weighted by Crippen LogP contribution is 2.39. The summed E-state index contributed by atoms with van der Waals surface area (Å²) in [4.78, 5) is 12.0. The van der Waals surface area contributed by atoms with E-state index in [1.54, 1.807) is 21.7 Å². The lowest BCUT2D eigenvalue weighted by atomic mass is 9.86. The molecule has 25 heavy (non-hydrogen) atoms. The lowest BCUT2D eigenvalue weighted by molar-refractivity contribution is 0.451. The van der Waals surface area contributed by atoms with Crippen LogP contribution in [0.5, 0.6) is 0 Å². The molecule has 5 rings (SSSR count). The van der Waals surface area contributed by atoms with Crippen LogP contribution in [0, 0.1) is 5.92 Å². The van der Waals surface area contributed by atoms with Crippen molar-refractivity contribution in [2.24, 2.45) is 13.0 Å². The topological polar surface area (TPSA) is 60.9 Å². The average molecular weight is 373 g/mol. The molecule has 0 N–H and O–H groups in total. The standard InChI is InChI=1S/C17H17ClN6S/c1-3-9-4-5-10-12(6-9)25-17-13(10)16-21-15(22-24(16)8-19-17)14-11(18)7-20-23(14)2/h7-9H,3-6H2,1-2H3/t9-/m1/s1. The molecular formula is C17H17ClN6S. The van der Waals surface area contributed by atoms with E-state index >= 15 is 0 Å². The summed E-state index contributed by atoms with van der Waals surface area (Å²) in [6.07, 6.45) is 8.11. The normalized spacial score (nSPS) is 17.5. The van der Waals surface area contributed by atoms with Crippen molar-refractivity contribution in [3.8, 4) is 11.5 Å². The molecule has 0 fully saturated rings. The molecule has 4 aromatic heterocycles. The molecule has 4 aromatic rings. The fraction of sp³-hybridized carbons (Fsp3) is 0.412. The van der Waals surface area contributed by atoms with Gasteiger partial charge in [0.05, 0.1) is 16.6 Å². The molecule has 1 atom stereocenters. The first-order chi connectivity index (χ1) is 12.2. The zero-order chi connectivity index (χ0) is 17.1. The number of aryl methyl sites for hydroxylation is 2. The summed E-state index contributed by atoms with van der Waals surface area (Å²) in [5.41, 5.74) is 3.01. The Morgan fingerprint density at radius 2 is 2.28 bits per heavy atom. The van der Waals surface area contributed by atoms with Crippen molar-refractivity contribution < 1.29 is 0 Å². The third-order valence-corrected chi connectivity index (χ3v) is 6.61. The maximum absolute atomic E-state index is 6.27. The Labute approximate surface area is 153 Å². The number of fused-ring (bicyclic) bond motifs is 5. The number of hydrogen-bond donors (Lipinski definition) is 0. The zero-order valence-corrected chi connectivity index (χ0v) is 15.6. The fourth-order valence-corrected chi connectivity index (χ4v) is 5.30. The Hall–Kier alpha value is -1.99. The fourth-order valence-electron chi connectivity index (χ4n) is 3.75. The van der Waals surface area contributed by atoms with Crippen molar-refractivity contribution >= 4 is 38.8 Å². The first-order valence-electron chi connectivity index (χ1n) is 8.49. The summed E-state index contributed by atoms with van der Waals surface area (Å²) in [5.74, 6) is 1.37. The van der Waals surface area contributed by atoms with Crippen LogP contribution in [0.25, 0.3) is 27.4 Å². The predicted molar refractivity (Wildman–Crippen MR) is 99.2 cm³/mol. The zero-order valence-electron chi connectivity index (χ0n) is 14.0. The van der Waals surface area contributed by atoms with Crippen molar-refractivity contribution in [3.63, 3.8) is 0 Å². The van der Waals surface area contributed by atoms with Crippen LogP contribution in [0.1, 0.15) is 30.2 Å². The van der Waals surface area contributed by atoms with Gasteiger partial charge in [-0.1, -0.05) is 24.9 Å². The van der Waals surface area contributed by atoms with E-state index in [0.29, 0.717) is 10.8 Å². The number of hydrogen-bond acceptors (Lipinski definition) is 5. The Bertz CT molecular complexity index is 1090. The SMILES string of the molecule is CC[C@@H]1CCc2c(sc3ncn4nc(-c5c(Cl)cnn5C)nc4c23)C1. The van der Waals surface area contributed by atoms with E-state index in [4.69, 9.17) is 16.6 Å². The van der Waals surface area contributed by atoms with Gasteiger partial charge in [0, 0.05) is 11.9 Å². The molecule has 0 aliphatic heterocycles. The Morgan fingerprint density at radius 3 is 3.04 bits per heavy atom. The lowest BCUT2D eigenvalue weighted by Crippen LogP contribution is -2.11. The van der Waals surface area contributed by atoms with Gasteiger partial charge in [-0.3, -0.25) is 4.68 Å². The number of thiophene rings is 1. The van der Waals surface area contributed by atoms with E-state index in [1.807, 2.05) is 18.4 Å². The largest absolute Gasteiger partial charge is 0.263 e. The molecule has 0 saturated heterocycles. The Morgan fingerprint density at radius 1 is 1.40 bits per heavy atom. The van der Waals surface area contributed by atoms with Gasteiger partial charge in [-0.2, -0.15) is 5.10 Å². The van der Waals surface area contributed by atoms with Gasteiger partial charge >= 0.3 is 0 Å². The van der Waals surface area contributed by atoms with Crippen LogP contribution in [0.3, 0.4) is 0 Å². The second-order valence-electron chi connectivity index (χ2n) is 6.61. The van der Waals surface area contributed by atoms with Gasteiger partial charge in [0.15, 0.2) is 5.65 Å². The van der Waals surface area contributed by atoms with Crippen LogP contribution < -0.4 is 0 Å². The maximum Gasteiger partial charge on any atom is 0.202 e. The first-order valence-corrected chi connectivity index (χ1v) is 9.68. The summed E-state index contributed by atoms with van der Waals surface area (Å²) in [7, 11) is 1.85. The molecule has 0 bridgehead atoms. The van der Waals surface area contributed by atoms with Crippen LogP contribution in [-0.2, 0) is 19.9 Å². The molecule has 6 nitrogen and oxygen atoms in total. The predicted octanol–water partition coefficient (Wildman–Crippen LogP) is 3.91. The highest BCUT2D eigenvalue weighted by atomic mass is 35.5. The summed E-state index contributed by atoms with van der Waals surface area (Å²) in [6, 6.07) is 0. The van der Waals surface area contributed by atoms with E-state index < -0.39 is 0 Å². The molecule has 0 unspecified atom stereocenters. The second-order valence-corrected chi connectivity index (χ2v) is 8.10. The third kappa shape index (κ3) is 2.22. The molecule has 1 aliphatic carbocycles. The van der Waals surface area contributed by atoms with E-state index in [-0.39, 0.29) is 0 Å². The second kappa shape index (κ2) is 5.51. The molecule has 0 amide bonds. The summed E-state index contributed by atoms with van der Waals surface area (Å²) < 4.78 is 3.47. The monoisotopic (exact) mass is 372 g/mol. The average Bonchev–Trinajstić information content (AvgIpc) is 3.27. The number of nitrogens with zero attached hydrogens (tertiary/aromatic N) is 6. The van der Waals surface area contributed by atoms with Gasteiger partial charge < -0.3 is 0 Å². The van der Waals surface area contributed by atoms with Gasteiger partial charge in [0.25, 0.3) is 0 Å². The van der Waals surface area contributed by atoms with Crippen molar-refractivity contribution in [1.82, 2.24) is 29.4 Å². The molecule has 0 spiro atoms. The van der Waals surface area contributed by atoms with Crippen molar-refractivity contribution in [1.29, 1.82) is 0 Å². The summed E-state index contributed by atoms with van der Waals surface area (Å²) in [6.45, 7) is 2.28. The van der Waals surface area contributed by atoms with Crippen LogP contribution >= 0.6 is 22.9 Å². The van der Waals surface area contributed by atoms with Crippen molar-refractivity contribution in [3.05, 3.63) is 28.0 Å².